The van der Waals surface area contributed by atoms with Crippen molar-refractivity contribution in [2.75, 3.05) is 0 Å². The zero-order valence-corrected chi connectivity index (χ0v) is 6.65. The Bertz CT molecular complexity index is 122. The summed E-state index contributed by atoms with van der Waals surface area (Å²) in [6, 6.07) is 0. The number of hydrogen-bond acceptors (Lipinski definition) is 0. The average molecular weight is 124 g/mol. The van der Waals surface area contributed by atoms with Gasteiger partial charge in [-0.15, -0.1) is 0 Å². The Morgan fingerprint density at radius 1 is 1.44 bits per heavy atom. The van der Waals surface area contributed by atoms with Gasteiger partial charge in [-0.1, -0.05) is 25.5 Å². The second kappa shape index (κ2) is 2.55. The van der Waals surface area contributed by atoms with Crippen LogP contribution in [0.1, 0.15) is 33.6 Å². The van der Waals surface area contributed by atoms with E-state index >= 15 is 0 Å². The summed E-state index contributed by atoms with van der Waals surface area (Å²) < 4.78 is 0. The maximum atomic E-state index is 2.40. The normalized spacial score (nSPS) is 36.1. The lowest BCUT2D eigenvalue weighted by Gasteiger charge is -2.21. The van der Waals surface area contributed by atoms with E-state index in [9.17, 15) is 0 Å². The van der Waals surface area contributed by atoms with Crippen LogP contribution in [-0.2, 0) is 0 Å². The van der Waals surface area contributed by atoms with Gasteiger partial charge in [-0.05, 0) is 31.6 Å². The molecular formula is C9H16. The standard InChI is InChI=1S/C9H16/c1-7-4-8(2)6-9(3)5-7/h4,7,9H,5-6H2,1-3H3/t7?,9-/m0/s1. The van der Waals surface area contributed by atoms with Gasteiger partial charge in [0.1, 0.15) is 0 Å². The van der Waals surface area contributed by atoms with Gasteiger partial charge in [0.05, 0.1) is 0 Å². The molecule has 0 heteroatoms. The van der Waals surface area contributed by atoms with Crippen LogP contribution >= 0.6 is 0 Å². The fourth-order valence-corrected chi connectivity index (χ4v) is 1.89. The van der Waals surface area contributed by atoms with Crippen molar-refractivity contribution in [2.45, 2.75) is 33.6 Å². The predicted octanol–water partition coefficient (Wildman–Crippen LogP) is 3.00. The predicted molar refractivity (Wildman–Crippen MR) is 41.3 cm³/mol. The lowest BCUT2D eigenvalue weighted by Crippen LogP contribution is -2.07. The van der Waals surface area contributed by atoms with Crippen molar-refractivity contribution in [1.29, 1.82) is 0 Å². The van der Waals surface area contributed by atoms with Crippen molar-refractivity contribution in [3.05, 3.63) is 11.6 Å². The molecule has 0 aromatic carbocycles. The minimum atomic E-state index is 0.828. The van der Waals surface area contributed by atoms with Gasteiger partial charge in [-0.3, -0.25) is 0 Å². The average Bonchev–Trinajstić information content (AvgIpc) is 1.59. The molecule has 9 heavy (non-hydrogen) atoms. The second-order valence-electron chi connectivity index (χ2n) is 3.54. The first-order chi connectivity index (χ1) is 4.18. The van der Waals surface area contributed by atoms with Gasteiger partial charge in [0.15, 0.2) is 0 Å². The summed E-state index contributed by atoms with van der Waals surface area (Å²) in [7, 11) is 0. The van der Waals surface area contributed by atoms with E-state index in [1.807, 2.05) is 0 Å². The first kappa shape index (κ1) is 6.85. The number of allylic oxidation sites excluding steroid dienone is 2. The Labute approximate surface area is 58.0 Å². The maximum Gasteiger partial charge on any atom is -0.0257 e. The molecule has 0 aliphatic heterocycles. The lowest BCUT2D eigenvalue weighted by molar-refractivity contribution is 0.435. The van der Waals surface area contributed by atoms with E-state index in [-0.39, 0.29) is 0 Å². The molecule has 0 spiro atoms. The van der Waals surface area contributed by atoms with E-state index in [1.165, 1.54) is 12.8 Å². The van der Waals surface area contributed by atoms with Crippen LogP contribution in [0, 0.1) is 11.8 Å². The van der Waals surface area contributed by atoms with Crippen LogP contribution in [0.15, 0.2) is 11.6 Å². The molecule has 0 fully saturated rings. The molecular weight excluding hydrogens is 108 g/mol. The van der Waals surface area contributed by atoms with Gasteiger partial charge in [0, 0.05) is 0 Å². The van der Waals surface area contributed by atoms with Crippen molar-refractivity contribution in [3.8, 4) is 0 Å². The number of rotatable bonds is 0. The first-order valence-electron chi connectivity index (χ1n) is 3.86. The molecule has 0 radical (unpaired) electrons. The first-order valence-corrected chi connectivity index (χ1v) is 3.86. The highest BCUT2D eigenvalue weighted by atomic mass is 14.2. The zero-order chi connectivity index (χ0) is 6.85. The van der Waals surface area contributed by atoms with E-state index < -0.39 is 0 Å². The molecule has 0 N–H and O–H groups in total. The molecule has 0 aromatic rings. The van der Waals surface area contributed by atoms with Crippen molar-refractivity contribution in [2.24, 2.45) is 11.8 Å². The smallest absolute Gasteiger partial charge is 0.0257 e. The van der Waals surface area contributed by atoms with Crippen LogP contribution in [0.4, 0.5) is 0 Å². The highest BCUT2D eigenvalue weighted by molar-refractivity contribution is 5.05. The van der Waals surface area contributed by atoms with Crippen LogP contribution in [0.5, 0.6) is 0 Å². The summed E-state index contributed by atoms with van der Waals surface area (Å²) in [5.41, 5.74) is 1.58. The Balaban J connectivity index is 2.56. The third kappa shape index (κ3) is 1.85. The van der Waals surface area contributed by atoms with E-state index in [4.69, 9.17) is 0 Å². The molecule has 1 rings (SSSR count). The fourth-order valence-electron chi connectivity index (χ4n) is 1.89. The molecule has 52 valence electrons. The summed E-state index contributed by atoms with van der Waals surface area (Å²) in [5, 5.41) is 0. The Morgan fingerprint density at radius 3 is 2.56 bits per heavy atom. The third-order valence-electron chi connectivity index (χ3n) is 2.01. The van der Waals surface area contributed by atoms with Gasteiger partial charge >= 0.3 is 0 Å². The Hall–Kier alpha value is -0.260. The third-order valence-corrected chi connectivity index (χ3v) is 2.01. The molecule has 0 nitrogen and oxygen atoms in total. The van der Waals surface area contributed by atoms with Crippen LogP contribution in [0.3, 0.4) is 0 Å². The molecule has 0 amide bonds. The van der Waals surface area contributed by atoms with Gasteiger partial charge in [-0.2, -0.15) is 0 Å². The summed E-state index contributed by atoms with van der Waals surface area (Å²) in [6.45, 7) is 6.89. The van der Waals surface area contributed by atoms with E-state index in [1.54, 1.807) is 5.57 Å². The van der Waals surface area contributed by atoms with Crippen molar-refractivity contribution in [3.63, 3.8) is 0 Å². The van der Waals surface area contributed by atoms with Crippen LogP contribution in [-0.4, -0.2) is 0 Å². The fraction of sp³-hybridized carbons (Fsp3) is 0.778. The van der Waals surface area contributed by atoms with Crippen LogP contribution in [0.2, 0.25) is 0 Å². The van der Waals surface area contributed by atoms with Gasteiger partial charge in [0.2, 0.25) is 0 Å². The zero-order valence-electron chi connectivity index (χ0n) is 6.65. The van der Waals surface area contributed by atoms with Crippen molar-refractivity contribution >= 4 is 0 Å². The molecule has 1 aliphatic carbocycles. The maximum absolute atomic E-state index is 2.40. The minimum absolute atomic E-state index is 0.828. The van der Waals surface area contributed by atoms with E-state index in [2.05, 4.69) is 26.8 Å². The van der Waals surface area contributed by atoms with Crippen molar-refractivity contribution in [1.82, 2.24) is 0 Å². The SMILES string of the molecule is CC1=CC(C)C[C@H](C)C1. The largest absolute Gasteiger partial charge is 0.0827 e. The summed E-state index contributed by atoms with van der Waals surface area (Å²) in [5.74, 6) is 1.75. The summed E-state index contributed by atoms with van der Waals surface area (Å²) >= 11 is 0. The van der Waals surface area contributed by atoms with E-state index in [0.717, 1.165) is 11.8 Å². The van der Waals surface area contributed by atoms with E-state index in [0.29, 0.717) is 0 Å². The van der Waals surface area contributed by atoms with Crippen LogP contribution in [0.25, 0.3) is 0 Å². The molecule has 0 saturated carbocycles. The second-order valence-corrected chi connectivity index (χ2v) is 3.54. The summed E-state index contributed by atoms with van der Waals surface area (Å²) in [4.78, 5) is 0. The highest BCUT2D eigenvalue weighted by Crippen LogP contribution is 2.26. The van der Waals surface area contributed by atoms with Gasteiger partial charge in [0.25, 0.3) is 0 Å². The molecule has 0 aromatic heterocycles. The Morgan fingerprint density at radius 2 is 2.11 bits per heavy atom. The lowest BCUT2D eigenvalue weighted by atomic mass is 9.85. The molecule has 0 heterocycles. The highest BCUT2D eigenvalue weighted by Gasteiger charge is 2.12. The van der Waals surface area contributed by atoms with Gasteiger partial charge < -0.3 is 0 Å². The van der Waals surface area contributed by atoms with Crippen LogP contribution < -0.4 is 0 Å². The summed E-state index contributed by atoms with van der Waals surface area (Å²) in [6.07, 6.45) is 5.11. The molecule has 0 bridgehead atoms. The molecule has 1 unspecified atom stereocenters. The monoisotopic (exact) mass is 124 g/mol. The van der Waals surface area contributed by atoms with Crippen molar-refractivity contribution < 1.29 is 0 Å². The molecule has 2 atom stereocenters. The topological polar surface area (TPSA) is 0 Å². The minimum Gasteiger partial charge on any atom is -0.0827 e. The molecule has 0 saturated heterocycles. The number of hydrogen-bond donors (Lipinski definition) is 0. The molecule has 1 aliphatic rings. The Kier molecular flexibility index (Phi) is 1.94. The van der Waals surface area contributed by atoms with Gasteiger partial charge in [-0.25, -0.2) is 0 Å². The quantitative estimate of drug-likeness (QED) is 0.435.